The fraction of sp³-hybridized carbons (Fsp3) is 0.483. The van der Waals surface area contributed by atoms with Crippen molar-refractivity contribution in [2.75, 3.05) is 13.7 Å². The van der Waals surface area contributed by atoms with Gasteiger partial charge in [-0.1, -0.05) is 24.3 Å². The number of halogens is 3. The summed E-state index contributed by atoms with van der Waals surface area (Å²) in [6.07, 6.45) is -10.8. The molecule has 1 fully saturated rings. The van der Waals surface area contributed by atoms with Crippen LogP contribution in [0.4, 0.5) is 13.2 Å². The minimum Gasteiger partial charge on any atom is -0.507 e. The highest BCUT2D eigenvalue weighted by Crippen LogP contribution is 2.52. The van der Waals surface area contributed by atoms with Gasteiger partial charge in [-0.2, -0.15) is 13.2 Å². The van der Waals surface area contributed by atoms with Crippen molar-refractivity contribution in [1.82, 2.24) is 5.32 Å². The van der Waals surface area contributed by atoms with Gasteiger partial charge in [0.25, 0.3) is 0 Å². The van der Waals surface area contributed by atoms with Gasteiger partial charge >= 0.3 is 12.1 Å². The van der Waals surface area contributed by atoms with E-state index in [4.69, 9.17) is 14.2 Å². The maximum atomic E-state index is 13.5. The Bertz CT molecular complexity index is 1480. The van der Waals surface area contributed by atoms with E-state index in [1.165, 1.54) is 38.3 Å². The van der Waals surface area contributed by atoms with Crippen LogP contribution in [-0.4, -0.2) is 87.9 Å². The number of phenolic OH excluding ortho intramolecular Hbond substituents is 2. The largest absolute Gasteiger partial charge is 0.507 e. The van der Waals surface area contributed by atoms with Crippen LogP contribution in [0.1, 0.15) is 75.3 Å². The lowest BCUT2D eigenvalue weighted by molar-refractivity contribution is -0.254. The van der Waals surface area contributed by atoms with E-state index in [-0.39, 0.29) is 47.9 Å². The van der Waals surface area contributed by atoms with Gasteiger partial charge in [-0.3, -0.25) is 14.4 Å². The van der Waals surface area contributed by atoms with Gasteiger partial charge < -0.3 is 40.0 Å². The molecule has 1 aliphatic heterocycles. The number of methoxy groups -OCH3 is 1. The van der Waals surface area contributed by atoms with E-state index in [2.05, 4.69) is 0 Å². The van der Waals surface area contributed by atoms with Crippen LogP contribution >= 0.6 is 0 Å². The summed E-state index contributed by atoms with van der Waals surface area (Å²) < 4.78 is 56.3. The molecule has 0 unspecified atom stereocenters. The number of fused-ring (bicyclic) bond motifs is 3. The standard InChI is InChI=1S/C29H30F3NO10/c1-12-26(41-2)16(33-27(39)29(30,31)32)9-18(42-12)43-17-11-28(40,7-8-34)10-15-19(17)25(38)21-20(24(15)37)22(35)13-5-3-4-6-14(13)23(21)36/h3-6,12,16-18,26,34,37-38,40H,7-11H2,1-2H3,(H,33,39)/t12-,16-,17-,18-,26+,28-/m0/s1. The number of benzene rings is 2. The lowest BCUT2D eigenvalue weighted by Gasteiger charge is -2.44. The van der Waals surface area contributed by atoms with Crippen molar-refractivity contribution in [1.29, 1.82) is 0 Å². The number of carbonyl (C=O) groups excluding carboxylic acids is 3. The number of ketones is 2. The van der Waals surface area contributed by atoms with Crippen molar-refractivity contribution in [2.24, 2.45) is 0 Å². The molecule has 0 bridgehead atoms. The summed E-state index contributed by atoms with van der Waals surface area (Å²) in [5.41, 5.74) is -2.78. The summed E-state index contributed by atoms with van der Waals surface area (Å²) in [6.45, 7) is 1.02. The number of hydrogen-bond donors (Lipinski definition) is 5. The maximum Gasteiger partial charge on any atom is 0.471 e. The second-order valence-electron chi connectivity index (χ2n) is 11.0. The lowest BCUT2D eigenvalue weighted by atomic mass is 9.72. The number of hydrogen-bond acceptors (Lipinski definition) is 10. The topological polar surface area (TPSA) is 172 Å². The molecule has 0 aromatic heterocycles. The van der Waals surface area contributed by atoms with Crippen LogP contribution in [0.3, 0.4) is 0 Å². The first-order valence-corrected chi connectivity index (χ1v) is 13.5. The third-order valence-corrected chi connectivity index (χ3v) is 8.26. The van der Waals surface area contributed by atoms with Crippen LogP contribution in [0.2, 0.25) is 0 Å². The Morgan fingerprint density at radius 3 is 2.28 bits per heavy atom. The maximum absolute atomic E-state index is 13.5. The summed E-state index contributed by atoms with van der Waals surface area (Å²) in [7, 11) is 1.24. The molecule has 14 heteroatoms. The predicted molar refractivity (Wildman–Crippen MR) is 140 cm³/mol. The number of amides is 1. The van der Waals surface area contributed by atoms with Gasteiger partial charge in [0.2, 0.25) is 0 Å². The number of carbonyl (C=O) groups is 3. The molecule has 2 aromatic rings. The van der Waals surface area contributed by atoms with Crippen LogP contribution in [0.15, 0.2) is 24.3 Å². The van der Waals surface area contributed by atoms with E-state index in [0.29, 0.717) is 0 Å². The third kappa shape index (κ3) is 5.38. The number of aliphatic hydroxyl groups is 2. The van der Waals surface area contributed by atoms with Gasteiger partial charge in [0, 0.05) is 55.2 Å². The first-order valence-electron chi connectivity index (χ1n) is 13.5. The highest BCUT2D eigenvalue weighted by Gasteiger charge is 2.49. The van der Waals surface area contributed by atoms with E-state index in [0.717, 1.165) is 0 Å². The Balaban J connectivity index is 1.56. The average molecular weight is 610 g/mol. The van der Waals surface area contributed by atoms with Gasteiger partial charge in [-0.25, -0.2) is 0 Å². The molecule has 5 rings (SSSR count). The molecule has 3 aliphatic rings. The van der Waals surface area contributed by atoms with Crippen LogP contribution in [0.25, 0.3) is 0 Å². The lowest BCUT2D eigenvalue weighted by Crippen LogP contribution is -2.58. The second kappa shape index (κ2) is 11.2. The number of rotatable bonds is 6. The molecule has 0 saturated carbocycles. The minimum atomic E-state index is -5.16. The van der Waals surface area contributed by atoms with Gasteiger partial charge in [-0.05, 0) is 13.3 Å². The van der Waals surface area contributed by atoms with Crippen molar-refractivity contribution in [3.63, 3.8) is 0 Å². The number of alkyl halides is 3. The highest BCUT2D eigenvalue weighted by molar-refractivity contribution is 6.30. The predicted octanol–water partition coefficient (Wildman–Crippen LogP) is 2.19. The van der Waals surface area contributed by atoms with Crippen molar-refractivity contribution in [3.8, 4) is 11.5 Å². The van der Waals surface area contributed by atoms with Crippen molar-refractivity contribution in [2.45, 2.75) is 75.0 Å². The minimum absolute atomic E-state index is 0.0120. The van der Waals surface area contributed by atoms with Crippen LogP contribution in [0, 0.1) is 0 Å². The molecule has 5 N–H and O–H groups in total. The molecule has 6 atom stereocenters. The summed E-state index contributed by atoms with van der Waals surface area (Å²) in [5, 5.41) is 45.7. The van der Waals surface area contributed by atoms with E-state index in [1.807, 2.05) is 5.32 Å². The van der Waals surface area contributed by atoms with Gasteiger partial charge in [0.15, 0.2) is 17.9 Å². The van der Waals surface area contributed by atoms with Gasteiger partial charge in [-0.15, -0.1) is 0 Å². The molecule has 1 amide bonds. The molecule has 2 aromatic carbocycles. The Hall–Kier alpha value is -3.56. The second-order valence-corrected chi connectivity index (χ2v) is 11.0. The molecule has 0 radical (unpaired) electrons. The first-order chi connectivity index (χ1) is 20.2. The summed E-state index contributed by atoms with van der Waals surface area (Å²) in [4.78, 5) is 38.6. The number of nitrogens with one attached hydrogen (secondary N) is 1. The number of phenols is 2. The fourth-order valence-electron chi connectivity index (χ4n) is 6.33. The smallest absolute Gasteiger partial charge is 0.471 e. The molecular formula is C29H30F3NO10. The molecular weight excluding hydrogens is 579 g/mol. The number of aliphatic hydroxyl groups excluding tert-OH is 1. The first kappa shape index (κ1) is 30.9. The zero-order valence-electron chi connectivity index (χ0n) is 23.1. The van der Waals surface area contributed by atoms with E-state index >= 15 is 0 Å². The zero-order valence-corrected chi connectivity index (χ0v) is 23.1. The number of aromatic hydroxyl groups is 2. The van der Waals surface area contributed by atoms with Crippen molar-refractivity contribution >= 4 is 17.5 Å². The Morgan fingerprint density at radius 1 is 1.12 bits per heavy atom. The summed E-state index contributed by atoms with van der Waals surface area (Å²) in [5.74, 6) is -4.94. The Labute approximate surface area is 243 Å². The molecule has 1 saturated heterocycles. The van der Waals surface area contributed by atoms with Crippen LogP contribution < -0.4 is 5.32 Å². The molecule has 1 heterocycles. The molecule has 0 spiro atoms. The average Bonchev–Trinajstić information content (AvgIpc) is 2.93. The van der Waals surface area contributed by atoms with Crippen LogP contribution in [-0.2, 0) is 25.4 Å². The summed E-state index contributed by atoms with van der Waals surface area (Å²) >= 11 is 0. The number of ether oxygens (including phenoxy) is 3. The van der Waals surface area contributed by atoms with E-state index in [1.54, 1.807) is 0 Å². The zero-order chi connectivity index (χ0) is 31.4. The van der Waals surface area contributed by atoms with Gasteiger partial charge in [0.05, 0.1) is 35.0 Å². The van der Waals surface area contributed by atoms with Crippen molar-refractivity contribution < 1.29 is 62.2 Å². The SMILES string of the molecule is CO[C@H]1[C@@H](NC(=O)C(F)(F)F)C[C@H](O[C@H]2C[C@](O)(CCO)Cc3c(O)c4c(c(O)c32)C(=O)c2ccccc2C4=O)O[C@H]1C. The summed E-state index contributed by atoms with van der Waals surface area (Å²) in [6, 6.07) is 4.67. The quantitative estimate of drug-likeness (QED) is 0.261. The normalized spacial score (nSPS) is 28.6. The Kier molecular flexibility index (Phi) is 8.03. The molecule has 11 nitrogen and oxygen atoms in total. The third-order valence-electron chi connectivity index (χ3n) is 8.26. The van der Waals surface area contributed by atoms with E-state index < -0.39 is 89.1 Å². The molecule has 2 aliphatic carbocycles. The van der Waals surface area contributed by atoms with Gasteiger partial charge in [0.1, 0.15) is 17.6 Å². The van der Waals surface area contributed by atoms with Crippen molar-refractivity contribution in [3.05, 3.63) is 57.6 Å². The van der Waals surface area contributed by atoms with Crippen LogP contribution in [0.5, 0.6) is 11.5 Å². The van der Waals surface area contributed by atoms with E-state index in [9.17, 15) is 48.0 Å². The highest BCUT2D eigenvalue weighted by atomic mass is 19.4. The monoisotopic (exact) mass is 609 g/mol. The molecule has 232 valence electrons. The fourth-order valence-corrected chi connectivity index (χ4v) is 6.33. The molecule has 43 heavy (non-hydrogen) atoms. The Morgan fingerprint density at radius 2 is 1.72 bits per heavy atom.